The molecule has 1 heterocycles. The van der Waals surface area contributed by atoms with Crippen LogP contribution < -0.4 is 5.32 Å². The summed E-state index contributed by atoms with van der Waals surface area (Å²) in [5, 5.41) is 13.5. The zero-order valence-corrected chi connectivity index (χ0v) is 13.8. The van der Waals surface area contributed by atoms with Gasteiger partial charge >= 0.3 is 0 Å². The molecule has 1 rings (SSSR count). The highest BCUT2D eigenvalue weighted by atomic mass is 16.3. The Morgan fingerprint density at radius 2 is 1.90 bits per heavy atom. The molecular formula is C16H35N3O. The summed E-state index contributed by atoms with van der Waals surface area (Å²) in [6, 6.07) is 0. The molecule has 0 amide bonds. The van der Waals surface area contributed by atoms with E-state index in [1.54, 1.807) is 0 Å². The van der Waals surface area contributed by atoms with Gasteiger partial charge in [0.1, 0.15) is 0 Å². The molecule has 20 heavy (non-hydrogen) atoms. The number of likely N-dealkylation sites (N-methyl/N-ethyl adjacent to an activating group) is 1. The molecule has 0 bridgehead atoms. The van der Waals surface area contributed by atoms with Crippen molar-refractivity contribution in [3.8, 4) is 0 Å². The van der Waals surface area contributed by atoms with Crippen LogP contribution in [0.2, 0.25) is 0 Å². The van der Waals surface area contributed by atoms with Crippen molar-refractivity contribution in [2.45, 2.75) is 52.0 Å². The van der Waals surface area contributed by atoms with E-state index in [9.17, 15) is 5.11 Å². The van der Waals surface area contributed by atoms with Crippen LogP contribution in [0.4, 0.5) is 0 Å². The fraction of sp³-hybridized carbons (Fsp3) is 1.00. The largest absolute Gasteiger partial charge is 0.394 e. The number of nitrogens with one attached hydrogen (secondary N) is 1. The zero-order chi connectivity index (χ0) is 14.8. The second-order valence-corrected chi connectivity index (χ2v) is 6.09. The SMILES string of the molecule is CCCN1CCCC(CO)(NCCN(CC)CC)CC1. The van der Waals surface area contributed by atoms with Gasteiger partial charge in [0, 0.05) is 18.6 Å². The van der Waals surface area contributed by atoms with Gasteiger partial charge in [-0.05, 0) is 58.4 Å². The second-order valence-electron chi connectivity index (χ2n) is 6.09. The Morgan fingerprint density at radius 1 is 1.15 bits per heavy atom. The lowest BCUT2D eigenvalue weighted by Crippen LogP contribution is -2.51. The minimum atomic E-state index is -0.0460. The van der Waals surface area contributed by atoms with Gasteiger partial charge in [0.2, 0.25) is 0 Å². The summed E-state index contributed by atoms with van der Waals surface area (Å²) in [5.74, 6) is 0. The average molecular weight is 285 g/mol. The van der Waals surface area contributed by atoms with Crippen LogP contribution in [0.25, 0.3) is 0 Å². The zero-order valence-electron chi connectivity index (χ0n) is 13.8. The van der Waals surface area contributed by atoms with E-state index in [2.05, 4.69) is 35.9 Å². The highest BCUT2D eigenvalue weighted by Gasteiger charge is 2.31. The monoisotopic (exact) mass is 285 g/mol. The molecule has 1 atom stereocenters. The number of likely N-dealkylation sites (tertiary alicyclic amines) is 1. The van der Waals surface area contributed by atoms with Crippen molar-refractivity contribution in [3.63, 3.8) is 0 Å². The van der Waals surface area contributed by atoms with Gasteiger partial charge in [-0.15, -0.1) is 0 Å². The molecule has 1 saturated heterocycles. The number of aliphatic hydroxyl groups excluding tert-OH is 1. The first kappa shape index (κ1) is 17.9. The molecule has 2 N–H and O–H groups in total. The lowest BCUT2D eigenvalue weighted by Gasteiger charge is -2.33. The summed E-state index contributed by atoms with van der Waals surface area (Å²) in [5.41, 5.74) is -0.0460. The van der Waals surface area contributed by atoms with Crippen molar-refractivity contribution in [1.29, 1.82) is 0 Å². The summed E-state index contributed by atoms with van der Waals surface area (Å²) in [7, 11) is 0. The lowest BCUT2D eigenvalue weighted by molar-refractivity contribution is 0.138. The number of nitrogens with zero attached hydrogens (tertiary/aromatic N) is 2. The molecule has 0 spiro atoms. The van der Waals surface area contributed by atoms with Gasteiger partial charge in [-0.3, -0.25) is 0 Å². The van der Waals surface area contributed by atoms with Crippen LogP contribution in [0, 0.1) is 0 Å². The van der Waals surface area contributed by atoms with E-state index in [1.807, 2.05) is 0 Å². The first-order valence-electron chi connectivity index (χ1n) is 8.50. The highest BCUT2D eigenvalue weighted by molar-refractivity contribution is 4.91. The standard InChI is InChI=1S/C16H35N3O/c1-4-11-19-12-7-8-16(15-20,9-13-19)17-10-14-18(5-2)6-3/h17,20H,4-15H2,1-3H3. The maximum absolute atomic E-state index is 9.87. The van der Waals surface area contributed by atoms with Crippen LogP contribution >= 0.6 is 0 Å². The molecule has 4 heteroatoms. The van der Waals surface area contributed by atoms with Gasteiger partial charge in [-0.2, -0.15) is 0 Å². The fourth-order valence-corrected chi connectivity index (χ4v) is 3.20. The molecule has 0 aromatic rings. The summed E-state index contributed by atoms with van der Waals surface area (Å²) in [4.78, 5) is 4.97. The topological polar surface area (TPSA) is 38.7 Å². The van der Waals surface area contributed by atoms with E-state index in [1.165, 1.54) is 25.9 Å². The Balaban J connectivity index is 2.42. The van der Waals surface area contributed by atoms with Crippen molar-refractivity contribution >= 4 is 0 Å². The van der Waals surface area contributed by atoms with Gasteiger partial charge in [-0.1, -0.05) is 20.8 Å². The maximum Gasteiger partial charge on any atom is 0.0613 e. The summed E-state index contributed by atoms with van der Waals surface area (Å²) in [6.45, 7) is 14.7. The molecule has 0 radical (unpaired) electrons. The predicted molar refractivity (Wildman–Crippen MR) is 86.2 cm³/mol. The molecule has 0 saturated carbocycles. The van der Waals surface area contributed by atoms with Crippen LogP contribution in [0.5, 0.6) is 0 Å². The number of hydrogen-bond donors (Lipinski definition) is 2. The molecule has 1 unspecified atom stereocenters. The normalized spacial score (nSPS) is 25.1. The minimum absolute atomic E-state index is 0.0460. The first-order chi connectivity index (χ1) is 9.69. The summed E-state index contributed by atoms with van der Waals surface area (Å²) in [6.07, 6.45) is 4.59. The van der Waals surface area contributed by atoms with Gasteiger partial charge in [0.25, 0.3) is 0 Å². The Kier molecular flexibility index (Phi) is 8.69. The Bertz CT molecular complexity index is 246. The second kappa shape index (κ2) is 9.72. The molecule has 0 aromatic heterocycles. The van der Waals surface area contributed by atoms with E-state index >= 15 is 0 Å². The molecular weight excluding hydrogens is 250 g/mol. The number of aliphatic hydroxyl groups is 1. The van der Waals surface area contributed by atoms with E-state index in [4.69, 9.17) is 0 Å². The van der Waals surface area contributed by atoms with Crippen LogP contribution in [0.15, 0.2) is 0 Å². The minimum Gasteiger partial charge on any atom is -0.394 e. The fourth-order valence-electron chi connectivity index (χ4n) is 3.20. The van der Waals surface area contributed by atoms with Crippen molar-refractivity contribution in [3.05, 3.63) is 0 Å². The van der Waals surface area contributed by atoms with Crippen LogP contribution in [-0.4, -0.2) is 72.9 Å². The molecule has 120 valence electrons. The van der Waals surface area contributed by atoms with Crippen molar-refractivity contribution in [1.82, 2.24) is 15.1 Å². The van der Waals surface area contributed by atoms with Gasteiger partial charge in [-0.25, -0.2) is 0 Å². The van der Waals surface area contributed by atoms with Crippen LogP contribution in [-0.2, 0) is 0 Å². The first-order valence-corrected chi connectivity index (χ1v) is 8.50. The number of hydrogen-bond acceptors (Lipinski definition) is 4. The summed E-state index contributed by atoms with van der Waals surface area (Å²) >= 11 is 0. The van der Waals surface area contributed by atoms with Crippen molar-refractivity contribution in [2.75, 3.05) is 52.4 Å². The maximum atomic E-state index is 9.87. The van der Waals surface area contributed by atoms with Crippen molar-refractivity contribution < 1.29 is 5.11 Å². The Morgan fingerprint density at radius 3 is 2.50 bits per heavy atom. The van der Waals surface area contributed by atoms with E-state index in [0.717, 1.165) is 45.6 Å². The summed E-state index contributed by atoms with van der Waals surface area (Å²) < 4.78 is 0. The molecule has 1 aliphatic heterocycles. The third-order valence-corrected chi connectivity index (χ3v) is 4.70. The molecule has 0 aliphatic carbocycles. The van der Waals surface area contributed by atoms with Crippen LogP contribution in [0.1, 0.15) is 46.5 Å². The van der Waals surface area contributed by atoms with Crippen LogP contribution in [0.3, 0.4) is 0 Å². The van der Waals surface area contributed by atoms with Crippen molar-refractivity contribution in [2.24, 2.45) is 0 Å². The van der Waals surface area contributed by atoms with Gasteiger partial charge in [0.05, 0.1) is 6.61 Å². The van der Waals surface area contributed by atoms with E-state index < -0.39 is 0 Å². The number of rotatable bonds is 9. The average Bonchev–Trinajstić information content (AvgIpc) is 2.68. The highest BCUT2D eigenvalue weighted by Crippen LogP contribution is 2.22. The smallest absolute Gasteiger partial charge is 0.0613 e. The molecule has 1 aliphatic rings. The van der Waals surface area contributed by atoms with E-state index in [-0.39, 0.29) is 12.1 Å². The third-order valence-electron chi connectivity index (χ3n) is 4.70. The van der Waals surface area contributed by atoms with Gasteiger partial charge in [0.15, 0.2) is 0 Å². The quantitative estimate of drug-likeness (QED) is 0.674. The molecule has 0 aromatic carbocycles. The van der Waals surface area contributed by atoms with E-state index in [0.29, 0.717) is 0 Å². The molecule has 4 nitrogen and oxygen atoms in total. The third kappa shape index (κ3) is 5.68. The van der Waals surface area contributed by atoms with Gasteiger partial charge < -0.3 is 20.2 Å². The molecule has 1 fully saturated rings. The lowest BCUT2D eigenvalue weighted by atomic mass is 9.91. The Labute approximate surface area is 125 Å². The predicted octanol–water partition coefficient (Wildman–Crippen LogP) is 1.54. The Hall–Kier alpha value is -0.160.